The van der Waals surface area contributed by atoms with Crippen LogP contribution in [0.4, 0.5) is 5.69 Å². The number of aromatic hydroxyl groups is 1. The van der Waals surface area contributed by atoms with Gasteiger partial charge in [-0.3, -0.25) is 5.43 Å². The molecule has 0 aliphatic carbocycles. The molecule has 3 aromatic rings. The fourth-order valence-electron chi connectivity index (χ4n) is 2.30. The second-order valence-corrected chi connectivity index (χ2v) is 5.90. The Morgan fingerprint density at radius 2 is 1.92 bits per heavy atom. The van der Waals surface area contributed by atoms with Crippen molar-refractivity contribution in [2.24, 2.45) is 5.10 Å². The average molecular weight is 356 g/mol. The molecule has 0 amide bonds. The van der Waals surface area contributed by atoms with Crippen LogP contribution in [0, 0.1) is 0 Å². The van der Waals surface area contributed by atoms with Crippen molar-refractivity contribution in [2.75, 3.05) is 5.32 Å². The van der Waals surface area contributed by atoms with Crippen molar-refractivity contribution >= 4 is 51.6 Å². The summed E-state index contributed by atoms with van der Waals surface area (Å²) in [6.07, 6.45) is 1.55. The molecule has 0 heterocycles. The molecule has 6 heteroatoms. The SMILES string of the molecule is Oc1ccc2ccccc2c1/C=N/NC(=S)Nc1cccc(Cl)c1. The highest BCUT2D eigenvalue weighted by atomic mass is 35.5. The van der Waals surface area contributed by atoms with Crippen LogP contribution in [0.2, 0.25) is 5.02 Å². The van der Waals surface area contributed by atoms with E-state index < -0.39 is 0 Å². The maximum Gasteiger partial charge on any atom is 0.191 e. The lowest BCUT2D eigenvalue weighted by molar-refractivity contribution is 0.475. The summed E-state index contributed by atoms with van der Waals surface area (Å²) in [4.78, 5) is 0. The summed E-state index contributed by atoms with van der Waals surface area (Å²) in [5.41, 5.74) is 4.12. The predicted molar refractivity (Wildman–Crippen MR) is 104 cm³/mol. The van der Waals surface area contributed by atoms with Crippen molar-refractivity contribution in [3.05, 3.63) is 71.2 Å². The molecule has 0 spiro atoms. The molecule has 0 fully saturated rings. The lowest BCUT2D eigenvalue weighted by Crippen LogP contribution is -2.23. The summed E-state index contributed by atoms with van der Waals surface area (Å²) >= 11 is 11.1. The molecule has 0 saturated carbocycles. The second kappa shape index (κ2) is 7.29. The lowest BCUT2D eigenvalue weighted by atomic mass is 10.0. The minimum atomic E-state index is 0.160. The number of phenols is 1. The van der Waals surface area contributed by atoms with E-state index in [1.807, 2.05) is 42.5 Å². The first-order valence-corrected chi connectivity index (χ1v) is 7.98. The number of anilines is 1. The number of nitrogens with one attached hydrogen (secondary N) is 2. The van der Waals surface area contributed by atoms with Crippen molar-refractivity contribution in [3.8, 4) is 5.75 Å². The molecule has 0 unspecified atom stereocenters. The van der Waals surface area contributed by atoms with E-state index in [1.54, 1.807) is 24.4 Å². The van der Waals surface area contributed by atoms with E-state index in [0.717, 1.165) is 16.5 Å². The van der Waals surface area contributed by atoms with E-state index in [-0.39, 0.29) is 5.75 Å². The molecule has 3 N–H and O–H groups in total. The normalized spacial score (nSPS) is 10.9. The Labute approximate surface area is 149 Å². The van der Waals surface area contributed by atoms with Gasteiger partial charge in [-0.2, -0.15) is 5.10 Å². The Morgan fingerprint density at radius 1 is 1.08 bits per heavy atom. The molecule has 0 aromatic heterocycles. The second-order valence-electron chi connectivity index (χ2n) is 5.05. The largest absolute Gasteiger partial charge is 0.507 e. The van der Waals surface area contributed by atoms with Gasteiger partial charge in [0.1, 0.15) is 5.75 Å². The standard InChI is InChI=1S/C18H14ClN3OS/c19-13-5-3-6-14(10-13)21-18(24)22-20-11-16-15-7-2-1-4-12(15)8-9-17(16)23/h1-11,23H,(H2,21,22,24)/b20-11+. The van der Waals surface area contributed by atoms with Gasteiger partial charge >= 0.3 is 0 Å². The Morgan fingerprint density at radius 3 is 2.75 bits per heavy atom. The number of phenolic OH excluding ortho intramolecular Hbond substituents is 1. The number of hydrogen-bond acceptors (Lipinski definition) is 3. The van der Waals surface area contributed by atoms with Gasteiger partial charge in [0.15, 0.2) is 5.11 Å². The summed E-state index contributed by atoms with van der Waals surface area (Å²) in [5.74, 6) is 0.160. The number of hydrogen-bond donors (Lipinski definition) is 3. The minimum absolute atomic E-state index is 0.160. The highest BCUT2D eigenvalue weighted by Crippen LogP contribution is 2.25. The zero-order chi connectivity index (χ0) is 16.9. The van der Waals surface area contributed by atoms with Crippen LogP contribution in [-0.2, 0) is 0 Å². The van der Waals surface area contributed by atoms with Crippen LogP contribution in [0.15, 0.2) is 65.8 Å². The van der Waals surface area contributed by atoms with Gasteiger partial charge < -0.3 is 10.4 Å². The first-order valence-electron chi connectivity index (χ1n) is 7.20. The number of thiocarbonyl (C=S) groups is 1. The Kier molecular flexibility index (Phi) is 4.93. The number of nitrogens with zero attached hydrogens (tertiary/aromatic N) is 1. The molecule has 3 rings (SSSR count). The summed E-state index contributed by atoms with van der Waals surface area (Å²) in [5, 5.41) is 20.0. The number of halogens is 1. The molecule has 0 bridgehead atoms. The van der Waals surface area contributed by atoms with Gasteiger partial charge in [-0.05, 0) is 47.3 Å². The number of fused-ring (bicyclic) bond motifs is 1. The first kappa shape index (κ1) is 16.2. The summed E-state index contributed by atoms with van der Waals surface area (Å²) in [7, 11) is 0. The zero-order valence-corrected chi connectivity index (χ0v) is 14.1. The van der Waals surface area contributed by atoms with Crippen molar-refractivity contribution in [3.63, 3.8) is 0 Å². The third kappa shape index (κ3) is 3.82. The fourth-order valence-corrected chi connectivity index (χ4v) is 2.66. The van der Waals surface area contributed by atoms with Crippen LogP contribution >= 0.6 is 23.8 Å². The van der Waals surface area contributed by atoms with E-state index >= 15 is 0 Å². The third-order valence-corrected chi connectivity index (χ3v) is 3.82. The van der Waals surface area contributed by atoms with E-state index in [0.29, 0.717) is 15.7 Å². The van der Waals surface area contributed by atoms with E-state index in [1.165, 1.54) is 0 Å². The van der Waals surface area contributed by atoms with Gasteiger partial charge in [0.2, 0.25) is 0 Å². The number of benzene rings is 3. The molecule has 0 saturated heterocycles. The summed E-state index contributed by atoms with van der Waals surface area (Å²) in [6, 6.07) is 18.5. The number of hydrazone groups is 1. The van der Waals surface area contributed by atoms with Gasteiger partial charge in [0, 0.05) is 16.3 Å². The molecule has 0 radical (unpaired) electrons. The first-order chi connectivity index (χ1) is 11.6. The molecule has 24 heavy (non-hydrogen) atoms. The maximum absolute atomic E-state index is 10.1. The van der Waals surface area contributed by atoms with Gasteiger partial charge in [-0.15, -0.1) is 0 Å². The van der Waals surface area contributed by atoms with Crippen molar-refractivity contribution in [2.45, 2.75) is 0 Å². The predicted octanol–water partition coefficient (Wildman–Crippen LogP) is 4.52. The monoisotopic (exact) mass is 355 g/mol. The van der Waals surface area contributed by atoms with E-state index in [4.69, 9.17) is 23.8 Å². The van der Waals surface area contributed by atoms with Crippen LogP contribution < -0.4 is 10.7 Å². The molecule has 0 atom stereocenters. The van der Waals surface area contributed by atoms with Gasteiger partial charge in [0.25, 0.3) is 0 Å². The van der Waals surface area contributed by atoms with Gasteiger partial charge in [0.05, 0.1) is 6.21 Å². The highest BCUT2D eigenvalue weighted by Gasteiger charge is 2.04. The Balaban J connectivity index is 1.72. The quantitative estimate of drug-likeness (QED) is 0.367. The van der Waals surface area contributed by atoms with Crippen molar-refractivity contribution < 1.29 is 5.11 Å². The van der Waals surface area contributed by atoms with Crippen LogP contribution in [0.25, 0.3) is 10.8 Å². The van der Waals surface area contributed by atoms with Crippen LogP contribution in [-0.4, -0.2) is 16.4 Å². The van der Waals surface area contributed by atoms with Gasteiger partial charge in [-0.1, -0.05) is 48.0 Å². The topological polar surface area (TPSA) is 56.7 Å². The van der Waals surface area contributed by atoms with E-state index in [2.05, 4.69) is 15.8 Å². The van der Waals surface area contributed by atoms with Crippen LogP contribution in [0.3, 0.4) is 0 Å². The summed E-state index contributed by atoms with van der Waals surface area (Å²) in [6.45, 7) is 0. The Bertz CT molecular complexity index is 927. The third-order valence-electron chi connectivity index (χ3n) is 3.39. The molecular formula is C18H14ClN3OS. The maximum atomic E-state index is 10.1. The van der Waals surface area contributed by atoms with Crippen LogP contribution in [0.1, 0.15) is 5.56 Å². The number of rotatable bonds is 3. The minimum Gasteiger partial charge on any atom is -0.507 e. The molecule has 0 aliphatic rings. The molecule has 120 valence electrons. The summed E-state index contributed by atoms with van der Waals surface area (Å²) < 4.78 is 0. The fraction of sp³-hybridized carbons (Fsp3) is 0. The van der Waals surface area contributed by atoms with Crippen molar-refractivity contribution in [1.82, 2.24) is 5.43 Å². The lowest BCUT2D eigenvalue weighted by Gasteiger charge is -2.08. The zero-order valence-electron chi connectivity index (χ0n) is 12.5. The molecule has 3 aromatic carbocycles. The van der Waals surface area contributed by atoms with Crippen molar-refractivity contribution in [1.29, 1.82) is 0 Å². The molecule has 4 nitrogen and oxygen atoms in total. The molecule has 0 aliphatic heterocycles. The van der Waals surface area contributed by atoms with Crippen LogP contribution in [0.5, 0.6) is 5.75 Å². The van der Waals surface area contributed by atoms with Gasteiger partial charge in [-0.25, -0.2) is 0 Å². The Hall–Kier alpha value is -2.63. The smallest absolute Gasteiger partial charge is 0.191 e. The highest BCUT2D eigenvalue weighted by molar-refractivity contribution is 7.80. The molecular weight excluding hydrogens is 342 g/mol. The van der Waals surface area contributed by atoms with E-state index in [9.17, 15) is 5.11 Å². The average Bonchev–Trinajstić information content (AvgIpc) is 2.57.